The van der Waals surface area contributed by atoms with Crippen LogP contribution in [0.1, 0.15) is 24.0 Å². The molecule has 1 aliphatic rings. The third-order valence-corrected chi connectivity index (χ3v) is 5.57. The van der Waals surface area contributed by atoms with Gasteiger partial charge in [-0.3, -0.25) is 9.58 Å². The molecular weight excluding hydrogens is 390 g/mol. The van der Waals surface area contributed by atoms with E-state index < -0.39 is 5.60 Å². The van der Waals surface area contributed by atoms with E-state index in [0.29, 0.717) is 19.8 Å². The van der Waals surface area contributed by atoms with Crippen LogP contribution in [0.3, 0.4) is 0 Å². The van der Waals surface area contributed by atoms with E-state index in [4.69, 9.17) is 9.47 Å². The molecule has 0 amide bonds. The summed E-state index contributed by atoms with van der Waals surface area (Å²) < 4.78 is 13.6. The molecule has 2 heterocycles. The molecule has 6 nitrogen and oxygen atoms in total. The lowest BCUT2D eigenvalue weighted by atomic mass is 9.93. The van der Waals surface area contributed by atoms with Crippen LogP contribution in [0.25, 0.3) is 0 Å². The number of aliphatic hydroxyl groups is 1. The van der Waals surface area contributed by atoms with Crippen molar-refractivity contribution in [3.63, 3.8) is 0 Å². The molecule has 0 unspecified atom stereocenters. The number of likely N-dealkylation sites (tertiary alicyclic amines) is 1. The topological polar surface area (TPSA) is 59.8 Å². The molecule has 1 atom stereocenters. The van der Waals surface area contributed by atoms with Gasteiger partial charge in [-0.05, 0) is 61.7 Å². The molecule has 6 heteroatoms. The highest BCUT2D eigenvalue weighted by Gasteiger charge is 2.34. The van der Waals surface area contributed by atoms with Gasteiger partial charge in [0.05, 0.1) is 12.7 Å². The van der Waals surface area contributed by atoms with Gasteiger partial charge in [-0.2, -0.15) is 5.10 Å². The molecular formula is C25H31N3O3. The standard InChI is InChI=1S/C25H31N3O3/c1-21-16-26-28(17-21)14-15-30-24-10-8-22(9-11-24)18-27-13-5-12-25(29,19-27)20-31-23-6-3-2-4-7-23/h2-4,6-11,16-17,29H,5,12-15,18-20H2,1H3/t25-/m0/s1. The van der Waals surface area contributed by atoms with Gasteiger partial charge in [0, 0.05) is 19.3 Å². The molecule has 164 valence electrons. The molecule has 0 radical (unpaired) electrons. The molecule has 0 bridgehead atoms. The van der Waals surface area contributed by atoms with Crippen LogP contribution in [0.15, 0.2) is 67.0 Å². The van der Waals surface area contributed by atoms with Gasteiger partial charge >= 0.3 is 0 Å². The second-order valence-electron chi connectivity index (χ2n) is 8.41. The number of para-hydroxylation sites is 1. The zero-order valence-electron chi connectivity index (χ0n) is 18.1. The summed E-state index contributed by atoms with van der Waals surface area (Å²) in [5.41, 5.74) is 1.55. The van der Waals surface area contributed by atoms with E-state index in [1.165, 1.54) is 5.56 Å². The van der Waals surface area contributed by atoms with Crippen molar-refractivity contribution in [1.29, 1.82) is 0 Å². The molecule has 3 aromatic rings. The van der Waals surface area contributed by atoms with Gasteiger partial charge in [-0.15, -0.1) is 0 Å². The van der Waals surface area contributed by atoms with Gasteiger partial charge in [0.1, 0.15) is 30.3 Å². The third kappa shape index (κ3) is 6.32. The van der Waals surface area contributed by atoms with Crippen molar-refractivity contribution in [1.82, 2.24) is 14.7 Å². The van der Waals surface area contributed by atoms with Gasteiger partial charge in [0.2, 0.25) is 0 Å². The van der Waals surface area contributed by atoms with Crippen LogP contribution < -0.4 is 9.47 Å². The van der Waals surface area contributed by atoms with Crippen LogP contribution in [0.4, 0.5) is 0 Å². The lowest BCUT2D eigenvalue weighted by Gasteiger charge is -2.39. The van der Waals surface area contributed by atoms with Gasteiger partial charge in [0.25, 0.3) is 0 Å². The highest BCUT2D eigenvalue weighted by molar-refractivity contribution is 5.27. The minimum absolute atomic E-state index is 0.316. The summed E-state index contributed by atoms with van der Waals surface area (Å²) in [6.45, 7) is 6.06. The normalized spacial score (nSPS) is 19.3. The number of nitrogens with zero attached hydrogens (tertiary/aromatic N) is 3. The fourth-order valence-electron chi connectivity index (χ4n) is 3.99. The number of aromatic nitrogens is 2. The Bertz CT molecular complexity index is 942. The maximum absolute atomic E-state index is 11.0. The van der Waals surface area contributed by atoms with Crippen LogP contribution in [0.5, 0.6) is 11.5 Å². The van der Waals surface area contributed by atoms with Crippen LogP contribution in [-0.2, 0) is 13.1 Å². The maximum Gasteiger partial charge on any atom is 0.119 e. The van der Waals surface area contributed by atoms with E-state index >= 15 is 0 Å². The maximum atomic E-state index is 11.0. The second-order valence-corrected chi connectivity index (χ2v) is 8.41. The Hall–Kier alpha value is -2.83. The molecule has 1 saturated heterocycles. The van der Waals surface area contributed by atoms with Gasteiger partial charge in [-0.25, -0.2) is 0 Å². The Morgan fingerprint density at radius 3 is 2.55 bits per heavy atom. The molecule has 2 aromatic carbocycles. The number of ether oxygens (including phenoxy) is 2. The lowest BCUT2D eigenvalue weighted by molar-refractivity contribution is -0.0621. The minimum atomic E-state index is -0.817. The van der Waals surface area contributed by atoms with Crippen molar-refractivity contribution in [2.45, 2.75) is 38.5 Å². The Morgan fingerprint density at radius 2 is 1.81 bits per heavy atom. The summed E-state index contributed by atoms with van der Waals surface area (Å²) in [5.74, 6) is 1.66. The Balaban J connectivity index is 1.24. The predicted molar refractivity (Wildman–Crippen MR) is 120 cm³/mol. The molecule has 0 saturated carbocycles. The Morgan fingerprint density at radius 1 is 1.03 bits per heavy atom. The van der Waals surface area contributed by atoms with E-state index in [1.807, 2.05) is 66.5 Å². The number of hydrogen-bond donors (Lipinski definition) is 1. The number of β-amino-alcohol motifs (C(OH)–C–C–N with tert-alkyl or cyclic N) is 1. The number of piperidine rings is 1. The first-order valence-corrected chi connectivity index (χ1v) is 10.9. The van der Waals surface area contributed by atoms with Crippen molar-refractivity contribution in [2.75, 3.05) is 26.3 Å². The Labute approximate surface area is 184 Å². The van der Waals surface area contributed by atoms with Crippen molar-refractivity contribution in [3.8, 4) is 11.5 Å². The van der Waals surface area contributed by atoms with Gasteiger partial charge < -0.3 is 14.6 Å². The SMILES string of the molecule is Cc1cnn(CCOc2ccc(CN3CCC[C@@](O)(COc4ccccc4)C3)cc2)c1. The smallest absolute Gasteiger partial charge is 0.119 e. The highest BCUT2D eigenvalue weighted by Crippen LogP contribution is 2.24. The van der Waals surface area contributed by atoms with Crippen LogP contribution >= 0.6 is 0 Å². The quantitative estimate of drug-likeness (QED) is 0.571. The Kier molecular flexibility index (Phi) is 6.89. The fourth-order valence-corrected chi connectivity index (χ4v) is 3.99. The van der Waals surface area contributed by atoms with Crippen molar-refractivity contribution in [2.24, 2.45) is 0 Å². The van der Waals surface area contributed by atoms with Crippen molar-refractivity contribution < 1.29 is 14.6 Å². The monoisotopic (exact) mass is 421 g/mol. The predicted octanol–water partition coefficient (Wildman–Crippen LogP) is 3.68. The highest BCUT2D eigenvalue weighted by atomic mass is 16.5. The van der Waals surface area contributed by atoms with Gasteiger partial charge in [0.15, 0.2) is 0 Å². The molecule has 4 rings (SSSR count). The van der Waals surface area contributed by atoms with E-state index in [0.717, 1.165) is 49.5 Å². The lowest BCUT2D eigenvalue weighted by Crippen LogP contribution is -2.51. The average Bonchev–Trinajstić information content (AvgIpc) is 3.19. The first kappa shape index (κ1) is 21.4. The minimum Gasteiger partial charge on any atom is -0.492 e. The van der Waals surface area contributed by atoms with Crippen LogP contribution in [0.2, 0.25) is 0 Å². The van der Waals surface area contributed by atoms with E-state index in [9.17, 15) is 5.11 Å². The fraction of sp³-hybridized carbons (Fsp3) is 0.400. The molecule has 1 aliphatic heterocycles. The third-order valence-electron chi connectivity index (χ3n) is 5.57. The summed E-state index contributed by atoms with van der Waals surface area (Å²) in [6.07, 6.45) is 5.59. The van der Waals surface area contributed by atoms with Crippen LogP contribution in [-0.4, -0.2) is 51.7 Å². The summed E-state index contributed by atoms with van der Waals surface area (Å²) in [4.78, 5) is 2.30. The van der Waals surface area contributed by atoms with Gasteiger partial charge in [-0.1, -0.05) is 30.3 Å². The second kappa shape index (κ2) is 9.98. The summed E-state index contributed by atoms with van der Waals surface area (Å²) >= 11 is 0. The zero-order valence-corrected chi connectivity index (χ0v) is 18.1. The zero-order chi connectivity index (χ0) is 21.5. The first-order valence-electron chi connectivity index (χ1n) is 10.9. The molecule has 1 fully saturated rings. The number of hydrogen-bond acceptors (Lipinski definition) is 5. The molecule has 0 aliphatic carbocycles. The van der Waals surface area contributed by atoms with E-state index in [2.05, 4.69) is 22.1 Å². The average molecular weight is 422 g/mol. The largest absolute Gasteiger partial charge is 0.492 e. The van der Waals surface area contributed by atoms with Crippen molar-refractivity contribution in [3.05, 3.63) is 78.1 Å². The number of benzene rings is 2. The molecule has 1 N–H and O–H groups in total. The molecule has 0 spiro atoms. The number of aryl methyl sites for hydroxylation is 1. The number of rotatable bonds is 9. The van der Waals surface area contributed by atoms with E-state index in [1.54, 1.807) is 0 Å². The summed E-state index contributed by atoms with van der Waals surface area (Å²) in [7, 11) is 0. The first-order chi connectivity index (χ1) is 15.1. The molecule has 1 aromatic heterocycles. The van der Waals surface area contributed by atoms with E-state index in [-0.39, 0.29) is 0 Å². The van der Waals surface area contributed by atoms with Crippen LogP contribution in [0, 0.1) is 6.92 Å². The van der Waals surface area contributed by atoms with Crippen molar-refractivity contribution >= 4 is 0 Å². The summed E-state index contributed by atoms with van der Waals surface area (Å²) in [6, 6.07) is 17.9. The summed E-state index contributed by atoms with van der Waals surface area (Å²) in [5, 5.41) is 15.3. The molecule has 31 heavy (non-hydrogen) atoms.